The highest BCUT2D eigenvalue weighted by atomic mass is 79.9. The molecule has 9 nitrogen and oxygen atoms in total. The first-order valence-electron chi connectivity index (χ1n) is 11.9. The summed E-state index contributed by atoms with van der Waals surface area (Å²) < 4.78 is 19.0. The number of carbonyl (C=O) groups is 1. The van der Waals surface area contributed by atoms with Crippen LogP contribution < -0.4 is 15.0 Å². The number of nitrogens with zero attached hydrogens (tertiary/aromatic N) is 3. The predicted molar refractivity (Wildman–Crippen MR) is 152 cm³/mol. The number of hydrogen-bond acceptors (Lipinski definition) is 7. The van der Waals surface area contributed by atoms with Crippen LogP contribution in [0.5, 0.6) is 11.5 Å². The van der Waals surface area contributed by atoms with Crippen molar-refractivity contribution in [1.29, 1.82) is 0 Å². The van der Waals surface area contributed by atoms with Crippen molar-refractivity contribution in [3.63, 3.8) is 0 Å². The Morgan fingerprint density at radius 2 is 2.00 bits per heavy atom. The van der Waals surface area contributed by atoms with Gasteiger partial charge in [-0.1, -0.05) is 23.7 Å². The van der Waals surface area contributed by atoms with Crippen molar-refractivity contribution in [1.82, 2.24) is 9.66 Å². The van der Waals surface area contributed by atoms with Gasteiger partial charge in [-0.05, 0) is 78.3 Å². The monoisotopic (exact) mass is 609 g/mol. The summed E-state index contributed by atoms with van der Waals surface area (Å²) in [6.45, 7) is 3.55. The first kappa shape index (κ1) is 26.5. The maximum atomic E-state index is 13.5. The Morgan fingerprint density at radius 1 is 1.21 bits per heavy atom. The van der Waals surface area contributed by atoms with Gasteiger partial charge in [0, 0.05) is 20.4 Å². The largest absolute Gasteiger partial charge is 0.490 e. The fraction of sp³-hybridized carbons (Fsp3) is 0.143. The second-order valence-electron chi connectivity index (χ2n) is 8.46. The Kier molecular flexibility index (Phi) is 7.40. The summed E-state index contributed by atoms with van der Waals surface area (Å²) in [7, 11) is 0. The summed E-state index contributed by atoms with van der Waals surface area (Å²) >= 11 is 9.62. The van der Waals surface area contributed by atoms with Crippen molar-refractivity contribution in [2.45, 2.75) is 20.0 Å². The van der Waals surface area contributed by atoms with Crippen LogP contribution in [0.3, 0.4) is 0 Å². The number of para-hydroxylation sites is 1. The van der Waals surface area contributed by atoms with Gasteiger partial charge >= 0.3 is 5.97 Å². The average molecular weight is 611 g/mol. The van der Waals surface area contributed by atoms with Crippen LogP contribution >= 0.6 is 27.5 Å². The molecule has 5 aromatic rings. The number of aliphatic carboxylic acids is 1. The van der Waals surface area contributed by atoms with E-state index in [1.165, 1.54) is 17.8 Å². The van der Waals surface area contributed by atoms with Crippen molar-refractivity contribution >= 4 is 61.6 Å². The summed E-state index contributed by atoms with van der Waals surface area (Å²) in [5, 5.41) is 15.4. The number of halogens is 2. The number of fused-ring (bicyclic) bond motifs is 2. The molecule has 0 aliphatic heterocycles. The molecule has 0 bridgehead atoms. The van der Waals surface area contributed by atoms with Gasteiger partial charge in [-0.3, -0.25) is 4.79 Å². The van der Waals surface area contributed by atoms with Gasteiger partial charge in [0.15, 0.2) is 23.4 Å². The first-order chi connectivity index (χ1) is 18.7. The Balaban J connectivity index is 1.64. The molecule has 0 amide bonds. The normalized spacial score (nSPS) is 12.3. The SMILES string of the molecule is CCOc1cc(C=Nn2c(-c3cc4cc(Cl)ccc4o3)nc3ccccc3c2=O)c(Br)cc1O[C@@H](C)C(=O)O. The van der Waals surface area contributed by atoms with Gasteiger partial charge < -0.3 is 19.0 Å². The number of hydrogen-bond donors (Lipinski definition) is 1. The van der Waals surface area contributed by atoms with E-state index in [1.54, 1.807) is 67.6 Å². The van der Waals surface area contributed by atoms with Crippen LogP contribution in [-0.4, -0.2) is 39.7 Å². The van der Waals surface area contributed by atoms with Crippen LogP contribution in [0.1, 0.15) is 19.4 Å². The second-order valence-corrected chi connectivity index (χ2v) is 9.75. The van der Waals surface area contributed by atoms with Crippen LogP contribution in [-0.2, 0) is 4.79 Å². The van der Waals surface area contributed by atoms with Crippen LogP contribution in [0.2, 0.25) is 5.02 Å². The second kappa shape index (κ2) is 10.9. The minimum atomic E-state index is -1.11. The number of carboxylic acids is 1. The molecule has 0 aliphatic carbocycles. The molecule has 0 aliphatic rings. The maximum absolute atomic E-state index is 13.5. The molecule has 2 heterocycles. The van der Waals surface area contributed by atoms with Crippen LogP contribution in [0, 0.1) is 0 Å². The highest BCUT2D eigenvalue weighted by molar-refractivity contribution is 9.10. The molecule has 5 rings (SSSR count). The Hall–Kier alpha value is -4.15. The van der Waals surface area contributed by atoms with Gasteiger partial charge in [0.05, 0.1) is 23.7 Å². The lowest BCUT2D eigenvalue weighted by Gasteiger charge is -2.16. The minimum absolute atomic E-state index is 0.207. The first-order valence-corrected chi connectivity index (χ1v) is 13.0. The van der Waals surface area contributed by atoms with Gasteiger partial charge in [0.1, 0.15) is 5.58 Å². The summed E-state index contributed by atoms with van der Waals surface area (Å²) in [6, 6.07) is 17.2. The van der Waals surface area contributed by atoms with E-state index in [0.717, 1.165) is 5.39 Å². The van der Waals surface area contributed by atoms with Crippen molar-refractivity contribution in [2.75, 3.05) is 6.61 Å². The number of aromatic nitrogens is 2. The van der Waals surface area contributed by atoms with Gasteiger partial charge in [-0.25, -0.2) is 9.78 Å². The molecule has 0 saturated carbocycles. The molecule has 198 valence electrons. The van der Waals surface area contributed by atoms with Crippen LogP contribution in [0.25, 0.3) is 33.5 Å². The van der Waals surface area contributed by atoms with Gasteiger partial charge in [-0.2, -0.15) is 9.78 Å². The molecular weight excluding hydrogens is 590 g/mol. The van der Waals surface area contributed by atoms with E-state index in [9.17, 15) is 14.7 Å². The zero-order chi connectivity index (χ0) is 27.7. The van der Waals surface area contributed by atoms with Crippen molar-refractivity contribution < 1.29 is 23.8 Å². The molecule has 1 atom stereocenters. The van der Waals surface area contributed by atoms with Gasteiger partial charge in [0.2, 0.25) is 5.82 Å². The number of rotatable bonds is 8. The molecule has 0 radical (unpaired) electrons. The highest BCUT2D eigenvalue weighted by Crippen LogP contribution is 2.34. The number of carboxylic acid groups (broad SMARTS) is 1. The molecule has 0 unspecified atom stereocenters. The molecule has 0 saturated heterocycles. The molecule has 11 heteroatoms. The third kappa shape index (κ3) is 5.39. The molecule has 1 N–H and O–H groups in total. The lowest BCUT2D eigenvalue weighted by Crippen LogP contribution is -2.23. The van der Waals surface area contributed by atoms with Gasteiger partial charge in [0.25, 0.3) is 5.56 Å². The molecular formula is C28H21BrClN3O6. The molecule has 2 aromatic heterocycles. The molecule has 39 heavy (non-hydrogen) atoms. The third-order valence-corrected chi connectivity index (χ3v) is 6.70. The zero-order valence-electron chi connectivity index (χ0n) is 20.7. The van der Waals surface area contributed by atoms with E-state index in [0.29, 0.717) is 49.7 Å². The smallest absolute Gasteiger partial charge is 0.344 e. The third-order valence-electron chi connectivity index (χ3n) is 5.78. The number of ether oxygens (including phenoxy) is 2. The van der Waals surface area contributed by atoms with E-state index >= 15 is 0 Å². The van der Waals surface area contributed by atoms with E-state index in [-0.39, 0.29) is 17.1 Å². The quantitative estimate of drug-likeness (QED) is 0.203. The van der Waals surface area contributed by atoms with Crippen molar-refractivity contribution in [3.05, 3.63) is 86.1 Å². The summed E-state index contributed by atoms with van der Waals surface area (Å²) in [5.41, 5.74) is 1.25. The fourth-order valence-electron chi connectivity index (χ4n) is 3.89. The highest BCUT2D eigenvalue weighted by Gasteiger charge is 2.19. The fourth-order valence-corrected chi connectivity index (χ4v) is 4.49. The topological polar surface area (TPSA) is 116 Å². The molecule has 0 fully saturated rings. The minimum Gasteiger partial charge on any atom is -0.490 e. The Morgan fingerprint density at radius 3 is 2.77 bits per heavy atom. The predicted octanol–water partition coefficient (Wildman–Crippen LogP) is 6.36. The summed E-state index contributed by atoms with van der Waals surface area (Å²) in [6.07, 6.45) is 0.386. The van der Waals surface area contributed by atoms with Crippen molar-refractivity contribution in [2.24, 2.45) is 5.10 Å². The van der Waals surface area contributed by atoms with E-state index in [2.05, 4.69) is 26.0 Å². The van der Waals surface area contributed by atoms with Crippen LogP contribution in [0.4, 0.5) is 0 Å². The number of benzene rings is 3. The Bertz CT molecular complexity index is 1810. The van der Waals surface area contributed by atoms with E-state index in [4.69, 9.17) is 25.5 Å². The van der Waals surface area contributed by atoms with E-state index < -0.39 is 12.1 Å². The summed E-state index contributed by atoms with van der Waals surface area (Å²) in [4.78, 5) is 29.5. The molecule has 3 aromatic carbocycles. The van der Waals surface area contributed by atoms with Gasteiger partial charge in [-0.15, -0.1) is 0 Å². The standard InChI is InChI=1S/C28H21BrClN3O6/c1-3-37-23-12-17(20(29)13-24(23)38-15(2)28(35)36)14-31-33-26(32-21-7-5-4-6-19(21)27(33)34)25-11-16-10-18(30)8-9-22(16)39-25/h4-15H,3H2,1-2H3,(H,35,36)/t15-/m0/s1. The maximum Gasteiger partial charge on any atom is 0.344 e. The summed E-state index contributed by atoms with van der Waals surface area (Å²) in [5.74, 6) is 0.0183. The zero-order valence-corrected chi connectivity index (χ0v) is 23.1. The lowest BCUT2D eigenvalue weighted by atomic mass is 10.2. The average Bonchev–Trinajstić information content (AvgIpc) is 3.33. The lowest BCUT2D eigenvalue weighted by molar-refractivity contribution is -0.144. The van der Waals surface area contributed by atoms with Crippen LogP contribution in [0.15, 0.2) is 79.4 Å². The number of furan rings is 1. The van der Waals surface area contributed by atoms with Crippen molar-refractivity contribution in [3.8, 4) is 23.1 Å². The Labute approximate surface area is 235 Å². The molecule has 0 spiro atoms. The van der Waals surface area contributed by atoms with E-state index in [1.807, 2.05) is 0 Å².